The molecule has 178 valence electrons. The van der Waals surface area contributed by atoms with Crippen LogP contribution in [-0.4, -0.2) is 40.3 Å². The number of carbonyl (C=O) groups excluding carboxylic acids is 2. The average Bonchev–Trinajstić information content (AvgIpc) is 2.82. The van der Waals surface area contributed by atoms with E-state index in [0.29, 0.717) is 10.1 Å². The monoisotopic (exact) mass is 483 g/mol. The lowest BCUT2D eigenvalue weighted by molar-refractivity contribution is 0.0526. The second-order valence-corrected chi connectivity index (χ2v) is 9.07. The number of benzene rings is 3. The average molecular weight is 484 g/mol. The van der Waals surface area contributed by atoms with E-state index in [2.05, 4.69) is 0 Å². The Kier molecular flexibility index (Phi) is 7.91. The molecule has 0 N–H and O–H groups in total. The Balaban J connectivity index is 1.96. The van der Waals surface area contributed by atoms with E-state index in [4.69, 9.17) is 14.2 Å². The fourth-order valence-electron chi connectivity index (χ4n) is 3.21. The van der Waals surface area contributed by atoms with Crippen LogP contribution in [0.2, 0.25) is 0 Å². The predicted octanol–water partition coefficient (Wildman–Crippen LogP) is 4.06. The molecule has 0 radical (unpaired) electrons. The number of nitrogens with zero attached hydrogens (tertiary/aromatic N) is 1. The number of methoxy groups -OCH3 is 1. The van der Waals surface area contributed by atoms with Crippen LogP contribution in [0.5, 0.6) is 11.5 Å². The highest BCUT2D eigenvalue weighted by atomic mass is 32.2. The van der Waals surface area contributed by atoms with Crippen molar-refractivity contribution in [3.8, 4) is 11.5 Å². The van der Waals surface area contributed by atoms with E-state index in [1.54, 1.807) is 6.92 Å². The smallest absolute Gasteiger partial charge is 0.338 e. The lowest BCUT2D eigenvalue weighted by atomic mass is 10.1. The molecule has 34 heavy (non-hydrogen) atoms. The Morgan fingerprint density at radius 2 is 1.62 bits per heavy atom. The summed E-state index contributed by atoms with van der Waals surface area (Å²) in [6.07, 6.45) is 0.915. The molecule has 3 aromatic carbocycles. The number of hydrogen-bond donors (Lipinski definition) is 0. The Morgan fingerprint density at radius 1 is 0.882 bits per heavy atom. The first-order valence-corrected chi connectivity index (χ1v) is 12.3. The minimum Gasteiger partial charge on any atom is -0.493 e. The van der Waals surface area contributed by atoms with E-state index in [-0.39, 0.29) is 35.8 Å². The molecule has 3 aromatic rings. The number of sulfonamides is 1. The number of rotatable bonds is 9. The Bertz CT molecular complexity index is 1270. The van der Waals surface area contributed by atoms with Gasteiger partial charge in [-0.2, -0.15) is 0 Å². The van der Waals surface area contributed by atoms with Gasteiger partial charge in [0.15, 0.2) is 11.5 Å². The fourth-order valence-corrected chi connectivity index (χ4v) is 4.11. The molecule has 0 saturated heterocycles. The van der Waals surface area contributed by atoms with Crippen molar-refractivity contribution in [3.05, 3.63) is 89.5 Å². The number of ether oxygens (including phenoxy) is 3. The van der Waals surface area contributed by atoms with Crippen LogP contribution in [0, 0.1) is 0 Å². The molecule has 0 fully saturated rings. The SMILES string of the molecule is CCOC(=O)c1cccc(N(C(=O)c2ccc(OC)c(OCc3ccccc3)c2)S(C)(=O)=O)c1. The number of esters is 1. The van der Waals surface area contributed by atoms with Gasteiger partial charge in [0, 0.05) is 5.56 Å². The Morgan fingerprint density at radius 3 is 2.26 bits per heavy atom. The highest BCUT2D eigenvalue weighted by Gasteiger charge is 2.28. The van der Waals surface area contributed by atoms with Gasteiger partial charge in [0.05, 0.1) is 31.2 Å². The first-order chi connectivity index (χ1) is 16.2. The molecule has 0 heterocycles. The van der Waals surface area contributed by atoms with Crippen molar-refractivity contribution in [2.45, 2.75) is 13.5 Å². The molecule has 0 unspecified atom stereocenters. The van der Waals surface area contributed by atoms with E-state index < -0.39 is 21.9 Å². The third-order valence-corrected chi connectivity index (χ3v) is 5.80. The molecule has 1 amide bonds. The summed E-state index contributed by atoms with van der Waals surface area (Å²) < 4.78 is 42.0. The lowest BCUT2D eigenvalue weighted by Crippen LogP contribution is -2.36. The molecule has 0 aliphatic carbocycles. The Hall–Kier alpha value is -3.85. The van der Waals surface area contributed by atoms with E-state index in [1.165, 1.54) is 49.6 Å². The van der Waals surface area contributed by atoms with Crippen molar-refractivity contribution in [2.24, 2.45) is 0 Å². The van der Waals surface area contributed by atoms with Crippen molar-refractivity contribution in [1.82, 2.24) is 0 Å². The minimum absolute atomic E-state index is 0.0145. The van der Waals surface area contributed by atoms with Crippen LogP contribution in [0.4, 0.5) is 5.69 Å². The summed E-state index contributed by atoms with van der Waals surface area (Å²) in [4.78, 5) is 25.5. The van der Waals surface area contributed by atoms with Crippen LogP contribution >= 0.6 is 0 Å². The molecular formula is C25H25NO7S. The summed E-state index contributed by atoms with van der Waals surface area (Å²) >= 11 is 0. The maximum atomic E-state index is 13.4. The van der Waals surface area contributed by atoms with Crippen LogP contribution in [0.15, 0.2) is 72.8 Å². The third-order valence-electron chi connectivity index (χ3n) is 4.76. The fraction of sp³-hybridized carbons (Fsp3) is 0.200. The maximum absolute atomic E-state index is 13.4. The third kappa shape index (κ3) is 5.93. The summed E-state index contributed by atoms with van der Waals surface area (Å²) in [7, 11) is -2.58. The molecule has 0 aromatic heterocycles. The minimum atomic E-state index is -4.04. The Labute approximate surface area is 198 Å². The first kappa shape index (κ1) is 24.8. The zero-order valence-corrected chi connectivity index (χ0v) is 19.9. The molecule has 0 aliphatic rings. The van der Waals surface area contributed by atoms with Crippen molar-refractivity contribution < 1.29 is 32.2 Å². The summed E-state index contributed by atoms with van der Waals surface area (Å²) in [6.45, 7) is 2.05. The van der Waals surface area contributed by atoms with Crippen molar-refractivity contribution in [2.75, 3.05) is 24.3 Å². The van der Waals surface area contributed by atoms with Crippen LogP contribution in [-0.2, 0) is 21.4 Å². The normalized spacial score (nSPS) is 10.9. The summed E-state index contributed by atoms with van der Waals surface area (Å²) in [5.74, 6) is -0.754. The summed E-state index contributed by atoms with van der Waals surface area (Å²) in [5, 5.41) is 0. The molecule has 3 rings (SSSR count). The maximum Gasteiger partial charge on any atom is 0.338 e. The topological polar surface area (TPSA) is 99.2 Å². The van der Waals surface area contributed by atoms with Gasteiger partial charge in [0.2, 0.25) is 10.0 Å². The quantitative estimate of drug-likeness (QED) is 0.423. The second-order valence-electron chi connectivity index (χ2n) is 7.24. The zero-order valence-electron chi connectivity index (χ0n) is 19.1. The first-order valence-electron chi connectivity index (χ1n) is 10.4. The van der Waals surface area contributed by atoms with E-state index in [0.717, 1.165) is 11.8 Å². The van der Waals surface area contributed by atoms with Gasteiger partial charge >= 0.3 is 5.97 Å². The second kappa shape index (κ2) is 10.8. The van der Waals surface area contributed by atoms with Gasteiger partial charge in [-0.1, -0.05) is 36.4 Å². The van der Waals surface area contributed by atoms with Gasteiger partial charge in [-0.3, -0.25) is 4.79 Å². The number of carbonyl (C=O) groups is 2. The number of hydrogen-bond acceptors (Lipinski definition) is 7. The highest BCUT2D eigenvalue weighted by molar-refractivity contribution is 7.92. The molecule has 0 atom stereocenters. The molecule has 0 saturated carbocycles. The van der Waals surface area contributed by atoms with E-state index in [9.17, 15) is 18.0 Å². The standard InChI is InChI=1S/C25H25NO7S/c1-4-32-25(28)20-11-8-12-21(15-20)26(34(3,29)30)24(27)19-13-14-22(31-2)23(16-19)33-17-18-9-6-5-7-10-18/h5-16H,4,17H2,1-3H3. The summed E-state index contributed by atoms with van der Waals surface area (Å²) in [6, 6.07) is 19.5. The van der Waals surface area contributed by atoms with Crippen LogP contribution in [0.25, 0.3) is 0 Å². The van der Waals surface area contributed by atoms with Crippen molar-refractivity contribution in [1.29, 1.82) is 0 Å². The predicted molar refractivity (Wildman–Crippen MR) is 128 cm³/mol. The molecular weight excluding hydrogens is 458 g/mol. The van der Waals surface area contributed by atoms with Gasteiger partial charge in [0.25, 0.3) is 5.91 Å². The molecule has 0 aliphatic heterocycles. The van der Waals surface area contributed by atoms with Gasteiger partial charge in [-0.05, 0) is 48.9 Å². The van der Waals surface area contributed by atoms with Crippen molar-refractivity contribution >= 4 is 27.6 Å². The van der Waals surface area contributed by atoms with Crippen LogP contribution < -0.4 is 13.8 Å². The van der Waals surface area contributed by atoms with E-state index >= 15 is 0 Å². The van der Waals surface area contributed by atoms with Gasteiger partial charge < -0.3 is 14.2 Å². The van der Waals surface area contributed by atoms with Crippen molar-refractivity contribution in [3.63, 3.8) is 0 Å². The number of amides is 1. The number of anilines is 1. The van der Waals surface area contributed by atoms with E-state index in [1.807, 2.05) is 30.3 Å². The van der Waals surface area contributed by atoms with Gasteiger partial charge in [-0.25, -0.2) is 17.5 Å². The van der Waals surface area contributed by atoms with Crippen LogP contribution in [0.1, 0.15) is 33.2 Å². The molecule has 0 spiro atoms. The van der Waals surface area contributed by atoms with Crippen LogP contribution in [0.3, 0.4) is 0 Å². The molecule has 9 heteroatoms. The molecule has 0 bridgehead atoms. The van der Waals surface area contributed by atoms with Gasteiger partial charge in [-0.15, -0.1) is 0 Å². The largest absolute Gasteiger partial charge is 0.493 e. The zero-order chi connectivity index (χ0) is 24.7. The molecule has 8 nitrogen and oxygen atoms in total. The van der Waals surface area contributed by atoms with Gasteiger partial charge in [0.1, 0.15) is 6.61 Å². The highest BCUT2D eigenvalue weighted by Crippen LogP contribution is 2.31. The summed E-state index contributed by atoms with van der Waals surface area (Å²) in [5.41, 5.74) is 1.12. The lowest BCUT2D eigenvalue weighted by Gasteiger charge is -2.21.